The summed E-state index contributed by atoms with van der Waals surface area (Å²) in [7, 11) is 1.12. The number of nitrogens with two attached hydrogens (primary N) is 2. The first-order valence-electron chi connectivity index (χ1n) is 17.8. The Morgan fingerprint density at radius 3 is 1.94 bits per heavy atom. The third-order valence-electron chi connectivity index (χ3n) is 8.98. The van der Waals surface area contributed by atoms with Crippen LogP contribution in [0.2, 0.25) is 0 Å². The van der Waals surface area contributed by atoms with Gasteiger partial charge < -0.3 is 25.3 Å². The van der Waals surface area contributed by atoms with Crippen molar-refractivity contribution < 1.29 is 18.3 Å². The number of carbonyl (C=O) groups excluding carboxylic acids is 1. The van der Waals surface area contributed by atoms with Crippen molar-refractivity contribution in [2.75, 3.05) is 7.11 Å². The SMILES string of the molecule is CCCCc1ncc(CN)n1Cc1ccc(-c2ccccc2-c2nn[nH]n2)cc1.CCCCc1ncc(CN)n1Cc1ccc(C(=O)OC)c(F)c1F. The van der Waals surface area contributed by atoms with Gasteiger partial charge in [0.1, 0.15) is 11.6 Å². The molecule has 0 aliphatic carbocycles. The van der Waals surface area contributed by atoms with Gasteiger partial charge in [-0.15, -0.1) is 10.2 Å². The summed E-state index contributed by atoms with van der Waals surface area (Å²) < 4.78 is 36.9. The van der Waals surface area contributed by atoms with Crippen LogP contribution in [0.5, 0.6) is 0 Å². The van der Waals surface area contributed by atoms with Gasteiger partial charge in [-0.3, -0.25) is 0 Å². The fourth-order valence-electron chi connectivity index (χ4n) is 6.02. The number of ether oxygens (including phenoxy) is 1. The van der Waals surface area contributed by atoms with Crippen molar-refractivity contribution in [2.45, 2.75) is 78.6 Å². The van der Waals surface area contributed by atoms with Gasteiger partial charge >= 0.3 is 5.97 Å². The Morgan fingerprint density at radius 1 is 0.792 bits per heavy atom. The van der Waals surface area contributed by atoms with Gasteiger partial charge in [-0.25, -0.2) is 23.5 Å². The van der Waals surface area contributed by atoms with Crippen LogP contribution in [0.4, 0.5) is 8.78 Å². The molecule has 12 nitrogen and oxygen atoms in total. The highest BCUT2D eigenvalue weighted by Crippen LogP contribution is 2.30. The van der Waals surface area contributed by atoms with Gasteiger partial charge in [0.15, 0.2) is 11.6 Å². The number of carbonyl (C=O) groups is 1. The molecule has 0 bridgehead atoms. The van der Waals surface area contributed by atoms with Gasteiger partial charge in [-0.1, -0.05) is 81.3 Å². The summed E-state index contributed by atoms with van der Waals surface area (Å²) >= 11 is 0. The minimum atomic E-state index is -1.20. The Hall–Kier alpha value is -5.60. The molecule has 0 atom stereocenters. The van der Waals surface area contributed by atoms with E-state index in [1.165, 1.54) is 17.7 Å². The normalized spacial score (nSPS) is 11.0. The Balaban J connectivity index is 0.000000209. The molecule has 0 spiro atoms. The predicted molar refractivity (Wildman–Crippen MR) is 198 cm³/mol. The number of imidazole rings is 2. The standard InChI is InChI=1S/C22H25N7.C17H21F2N3O2/c1-2-3-8-21-24-14-18(13-23)29(21)15-16-9-11-17(12-10-16)19-6-4-5-7-20(19)22-25-27-28-26-22;1-3-4-5-14-21-9-12(8-20)22(14)10-11-6-7-13(17(23)24-2)16(19)15(11)18/h4-7,9-12,14H,2-3,8,13,15,23H2,1H3,(H,25,26,27,28);6-7,9H,3-5,8,10,20H2,1-2H3. The molecule has 3 aromatic carbocycles. The zero-order valence-electron chi connectivity index (χ0n) is 30.4. The summed E-state index contributed by atoms with van der Waals surface area (Å²) in [5.74, 6) is -0.684. The highest BCUT2D eigenvalue weighted by Gasteiger charge is 2.20. The van der Waals surface area contributed by atoms with E-state index in [-0.39, 0.29) is 18.7 Å². The summed E-state index contributed by atoms with van der Waals surface area (Å²) in [6.07, 6.45) is 9.50. The number of nitrogens with one attached hydrogen (secondary N) is 1. The molecule has 0 aliphatic heterocycles. The number of tetrazole rings is 1. The Kier molecular flexibility index (Phi) is 13.7. The smallest absolute Gasteiger partial charge is 0.340 e. The molecule has 6 aromatic rings. The molecule has 0 radical (unpaired) electrons. The molecule has 0 saturated heterocycles. The highest BCUT2D eigenvalue weighted by molar-refractivity contribution is 5.89. The molecule has 3 heterocycles. The van der Waals surface area contributed by atoms with E-state index in [4.69, 9.17) is 11.5 Å². The zero-order valence-corrected chi connectivity index (χ0v) is 30.4. The topological polar surface area (TPSA) is 168 Å². The molecule has 3 aromatic heterocycles. The number of benzene rings is 3. The molecular weight excluding hydrogens is 678 g/mol. The van der Waals surface area contributed by atoms with Crippen LogP contribution in [-0.2, 0) is 43.8 Å². The number of nitrogens with zero attached hydrogens (tertiary/aromatic N) is 7. The lowest BCUT2D eigenvalue weighted by Crippen LogP contribution is -2.14. The molecule has 14 heteroatoms. The quantitative estimate of drug-likeness (QED) is 0.102. The number of aryl methyl sites for hydroxylation is 2. The second-order valence-corrected chi connectivity index (χ2v) is 12.5. The molecule has 0 unspecified atom stereocenters. The minimum Gasteiger partial charge on any atom is -0.465 e. The van der Waals surface area contributed by atoms with Crippen molar-refractivity contribution in [1.29, 1.82) is 0 Å². The highest BCUT2D eigenvalue weighted by atomic mass is 19.2. The number of unbranched alkanes of at least 4 members (excludes halogenated alkanes) is 2. The van der Waals surface area contributed by atoms with Gasteiger partial charge in [-0.2, -0.15) is 5.21 Å². The first-order chi connectivity index (χ1) is 25.8. The van der Waals surface area contributed by atoms with Crippen LogP contribution in [0.3, 0.4) is 0 Å². The van der Waals surface area contributed by atoms with Gasteiger partial charge in [-0.05, 0) is 40.8 Å². The first-order valence-corrected chi connectivity index (χ1v) is 17.8. The Morgan fingerprint density at radius 2 is 1.40 bits per heavy atom. The second kappa shape index (κ2) is 18.8. The number of hydrogen-bond donors (Lipinski definition) is 3. The van der Waals surface area contributed by atoms with Crippen LogP contribution < -0.4 is 11.5 Å². The minimum absolute atomic E-state index is 0.107. The summed E-state index contributed by atoms with van der Waals surface area (Å²) in [5, 5.41) is 14.4. The number of hydrogen-bond acceptors (Lipinski definition) is 9. The van der Waals surface area contributed by atoms with Crippen LogP contribution in [0.15, 0.2) is 73.1 Å². The number of methoxy groups -OCH3 is 1. The van der Waals surface area contributed by atoms with E-state index >= 15 is 0 Å². The summed E-state index contributed by atoms with van der Waals surface area (Å²) in [4.78, 5) is 20.3. The number of aromatic nitrogens is 8. The second-order valence-electron chi connectivity index (χ2n) is 12.5. The van der Waals surface area contributed by atoms with E-state index in [2.05, 4.69) is 84.1 Å². The maximum absolute atomic E-state index is 14.3. The molecule has 0 amide bonds. The van der Waals surface area contributed by atoms with Crippen molar-refractivity contribution in [3.63, 3.8) is 0 Å². The predicted octanol–water partition coefficient (Wildman–Crippen LogP) is 6.38. The van der Waals surface area contributed by atoms with E-state index in [9.17, 15) is 13.6 Å². The van der Waals surface area contributed by atoms with Crippen LogP contribution in [0.25, 0.3) is 22.5 Å². The van der Waals surface area contributed by atoms with Gasteiger partial charge in [0.2, 0.25) is 5.82 Å². The number of halogens is 2. The average molecular weight is 725 g/mol. The Bertz CT molecular complexity index is 2070. The van der Waals surface area contributed by atoms with Crippen molar-refractivity contribution in [1.82, 2.24) is 39.7 Å². The molecular formula is C39H46F2N10O2. The molecule has 5 N–H and O–H groups in total. The third-order valence-corrected chi connectivity index (χ3v) is 8.98. The van der Waals surface area contributed by atoms with Crippen molar-refractivity contribution in [3.05, 3.63) is 124 Å². The van der Waals surface area contributed by atoms with Crippen molar-refractivity contribution in [3.8, 4) is 22.5 Å². The van der Waals surface area contributed by atoms with Crippen LogP contribution in [0.1, 0.15) is 84.1 Å². The molecule has 53 heavy (non-hydrogen) atoms. The molecule has 0 fully saturated rings. The molecule has 6 rings (SSSR count). The largest absolute Gasteiger partial charge is 0.465 e. The van der Waals surface area contributed by atoms with Crippen molar-refractivity contribution in [2.24, 2.45) is 11.5 Å². The summed E-state index contributed by atoms with van der Waals surface area (Å²) in [6, 6.07) is 19.3. The fraction of sp³-hybridized carbons (Fsp3) is 0.333. The maximum atomic E-state index is 14.3. The van der Waals surface area contributed by atoms with Crippen molar-refractivity contribution >= 4 is 5.97 Å². The van der Waals surface area contributed by atoms with Gasteiger partial charge in [0.25, 0.3) is 0 Å². The van der Waals surface area contributed by atoms with Gasteiger partial charge in [0, 0.05) is 56.0 Å². The Labute approximate surface area is 307 Å². The number of aromatic amines is 1. The van der Waals surface area contributed by atoms with Crippen LogP contribution in [0, 0.1) is 11.6 Å². The average Bonchev–Trinajstić information content (AvgIpc) is 3.96. The maximum Gasteiger partial charge on any atom is 0.340 e. The van der Waals surface area contributed by atoms with Crippen LogP contribution >= 0.6 is 0 Å². The number of rotatable bonds is 15. The van der Waals surface area contributed by atoms with E-state index < -0.39 is 23.2 Å². The number of H-pyrrole nitrogens is 1. The van der Waals surface area contributed by atoms with E-state index in [0.29, 0.717) is 12.4 Å². The first kappa shape index (κ1) is 38.6. The number of esters is 1. The third kappa shape index (κ3) is 9.26. The lowest BCUT2D eigenvalue weighted by Gasteiger charge is -2.13. The van der Waals surface area contributed by atoms with Gasteiger partial charge in [0.05, 0.1) is 30.6 Å². The zero-order chi connectivity index (χ0) is 37.7. The lowest BCUT2D eigenvalue weighted by atomic mass is 9.98. The monoisotopic (exact) mass is 724 g/mol. The molecule has 278 valence electrons. The molecule has 0 aliphatic rings. The van der Waals surface area contributed by atoms with Crippen LogP contribution in [-0.4, -0.2) is 52.8 Å². The summed E-state index contributed by atoms with van der Waals surface area (Å²) in [6.45, 7) is 5.90. The van der Waals surface area contributed by atoms with E-state index in [1.807, 2.05) is 24.4 Å². The summed E-state index contributed by atoms with van der Waals surface area (Å²) in [5.41, 5.74) is 17.5. The fourth-order valence-corrected chi connectivity index (χ4v) is 6.02. The van der Waals surface area contributed by atoms with E-state index in [1.54, 1.807) is 10.8 Å². The molecule has 0 saturated carbocycles. The van der Waals surface area contributed by atoms with E-state index in [0.717, 1.165) is 91.9 Å². The lowest BCUT2D eigenvalue weighted by molar-refractivity contribution is 0.0594.